The van der Waals surface area contributed by atoms with Crippen LogP contribution in [0.25, 0.3) is 0 Å². The lowest BCUT2D eigenvalue weighted by atomic mass is 9.83. The molecule has 0 aromatic heterocycles. The van der Waals surface area contributed by atoms with Crippen LogP contribution < -0.4 is 5.73 Å². The van der Waals surface area contributed by atoms with Crippen molar-refractivity contribution in [3.8, 4) is 0 Å². The molecule has 2 unspecified atom stereocenters. The number of hydrogen-bond acceptors (Lipinski definition) is 1. The van der Waals surface area contributed by atoms with E-state index in [9.17, 15) is 0 Å². The molecule has 88 valence electrons. The highest BCUT2D eigenvalue weighted by atomic mass is 32.1. The Labute approximate surface area is 104 Å². The first-order chi connectivity index (χ1) is 7.34. The van der Waals surface area contributed by atoms with Crippen molar-refractivity contribution in [1.29, 1.82) is 0 Å². The zero-order valence-corrected chi connectivity index (χ0v) is 11.6. The SMILES string of the molecule is Cc1cc(C)c(C(C)C(C)C(N)=S)c(C)c1. The molecule has 0 fully saturated rings. The van der Waals surface area contributed by atoms with Crippen molar-refractivity contribution in [3.05, 3.63) is 34.4 Å². The van der Waals surface area contributed by atoms with E-state index in [0.29, 0.717) is 10.9 Å². The molecule has 1 aromatic rings. The first-order valence-corrected chi connectivity index (χ1v) is 6.12. The molecule has 0 radical (unpaired) electrons. The van der Waals surface area contributed by atoms with Crippen LogP contribution in [0, 0.1) is 26.7 Å². The second-order valence-electron chi connectivity index (χ2n) is 4.79. The maximum absolute atomic E-state index is 5.74. The van der Waals surface area contributed by atoms with Crippen molar-refractivity contribution < 1.29 is 0 Å². The number of rotatable bonds is 3. The van der Waals surface area contributed by atoms with Crippen molar-refractivity contribution in [2.45, 2.75) is 40.5 Å². The van der Waals surface area contributed by atoms with Crippen LogP contribution in [0.3, 0.4) is 0 Å². The van der Waals surface area contributed by atoms with Gasteiger partial charge in [-0.1, -0.05) is 43.8 Å². The second-order valence-corrected chi connectivity index (χ2v) is 5.26. The molecular formula is C14H21NS. The number of nitrogens with two attached hydrogens (primary N) is 1. The average molecular weight is 235 g/mol. The van der Waals surface area contributed by atoms with Gasteiger partial charge in [0, 0.05) is 5.92 Å². The van der Waals surface area contributed by atoms with Gasteiger partial charge in [0.1, 0.15) is 0 Å². The van der Waals surface area contributed by atoms with E-state index >= 15 is 0 Å². The highest BCUT2D eigenvalue weighted by molar-refractivity contribution is 7.80. The highest BCUT2D eigenvalue weighted by Gasteiger charge is 2.20. The molecule has 0 spiro atoms. The Hall–Kier alpha value is -0.890. The summed E-state index contributed by atoms with van der Waals surface area (Å²) in [4.78, 5) is 0.604. The largest absolute Gasteiger partial charge is 0.393 e. The topological polar surface area (TPSA) is 26.0 Å². The fourth-order valence-electron chi connectivity index (χ4n) is 2.41. The molecule has 0 saturated heterocycles. The summed E-state index contributed by atoms with van der Waals surface area (Å²) in [5.41, 5.74) is 11.1. The van der Waals surface area contributed by atoms with E-state index in [1.807, 2.05) is 0 Å². The lowest BCUT2D eigenvalue weighted by molar-refractivity contribution is 0.620. The van der Waals surface area contributed by atoms with Crippen molar-refractivity contribution in [2.24, 2.45) is 11.7 Å². The lowest BCUT2D eigenvalue weighted by Gasteiger charge is -2.23. The monoisotopic (exact) mass is 235 g/mol. The molecule has 0 aliphatic rings. The summed E-state index contributed by atoms with van der Waals surface area (Å²) < 4.78 is 0. The molecule has 2 atom stereocenters. The van der Waals surface area contributed by atoms with Crippen LogP contribution in [-0.4, -0.2) is 4.99 Å². The maximum atomic E-state index is 5.74. The van der Waals surface area contributed by atoms with E-state index in [1.54, 1.807) is 0 Å². The van der Waals surface area contributed by atoms with Crippen LogP contribution >= 0.6 is 12.2 Å². The van der Waals surface area contributed by atoms with Gasteiger partial charge in [-0.2, -0.15) is 0 Å². The van der Waals surface area contributed by atoms with Gasteiger partial charge in [-0.25, -0.2) is 0 Å². The van der Waals surface area contributed by atoms with E-state index in [1.165, 1.54) is 22.3 Å². The Morgan fingerprint density at radius 2 is 1.56 bits per heavy atom. The summed E-state index contributed by atoms with van der Waals surface area (Å²) in [5, 5.41) is 0. The van der Waals surface area contributed by atoms with Crippen molar-refractivity contribution in [2.75, 3.05) is 0 Å². The molecule has 2 heteroatoms. The molecule has 16 heavy (non-hydrogen) atoms. The van der Waals surface area contributed by atoms with Gasteiger partial charge in [-0.15, -0.1) is 0 Å². The van der Waals surface area contributed by atoms with Gasteiger partial charge in [0.25, 0.3) is 0 Å². The van der Waals surface area contributed by atoms with Crippen LogP contribution in [0.4, 0.5) is 0 Å². The third-order valence-corrected chi connectivity index (χ3v) is 3.76. The Balaban J connectivity index is 3.18. The minimum atomic E-state index is 0.245. The smallest absolute Gasteiger partial charge is 0.0761 e. The molecule has 0 aliphatic carbocycles. The van der Waals surface area contributed by atoms with E-state index in [4.69, 9.17) is 18.0 Å². The molecule has 0 heterocycles. The molecule has 0 saturated carbocycles. The van der Waals surface area contributed by atoms with Gasteiger partial charge < -0.3 is 5.73 Å². The fraction of sp³-hybridized carbons (Fsp3) is 0.500. The van der Waals surface area contributed by atoms with Crippen molar-refractivity contribution in [3.63, 3.8) is 0 Å². The van der Waals surface area contributed by atoms with Gasteiger partial charge >= 0.3 is 0 Å². The Morgan fingerprint density at radius 3 is 1.94 bits per heavy atom. The molecule has 1 nitrogen and oxygen atoms in total. The zero-order chi connectivity index (χ0) is 12.5. The normalized spacial score (nSPS) is 14.6. The third kappa shape index (κ3) is 2.62. The molecule has 0 bridgehead atoms. The predicted octanol–water partition coefficient (Wildman–Crippen LogP) is 3.64. The zero-order valence-electron chi connectivity index (χ0n) is 10.8. The van der Waals surface area contributed by atoms with Gasteiger partial charge in [-0.3, -0.25) is 0 Å². The van der Waals surface area contributed by atoms with Crippen LogP contribution in [0.1, 0.15) is 42.0 Å². The van der Waals surface area contributed by atoms with Crippen molar-refractivity contribution in [1.82, 2.24) is 0 Å². The first-order valence-electron chi connectivity index (χ1n) is 5.71. The predicted molar refractivity (Wildman–Crippen MR) is 75.0 cm³/mol. The van der Waals surface area contributed by atoms with Crippen LogP contribution in [0.5, 0.6) is 0 Å². The standard InChI is InChI=1S/C14H21NS/c1-8-6-9(2)13(10(3)7-8)11(4)12(5)14(15)16/h6-7,11-12H,1-5H3,(H2,15,16). The fourth-order valence-corrected chi connectivity index (χ4v) is 2.61. The molecule has 0 amide bonds. The quantitative estimate of drug-likeness (QED) is 0.810. The molecular weight excluding hydrogens is 214 g/mol. The number of thiocarbonyl (C=S) groups is 1. The third-order valence-electron chi connectivity index (χ3n) is 3.39. The Bertz CT molecular complexity index is 386. The summed E-state index contributed by atoms with van der Waals surface area (Å²) >= 11 is 5.08. The number of hydrogen-bond donors (Lipinski definition) is 1. The molecule has 2 N–H and O–H groups in total. The van der Waals surface area contributed by atoms with E-state index in [-0.39, 0.29) is 5.92 Å². The summed E-state index contributed by atoms with van der Waals surface area (Å²) in [6.45, 7) is 10.8. The minimum Gasteiger partial charge on any atom is -0.393 e. The van der Waals surface area contributed by atoms with Gasteiger partial charge in [-0.05, 0) is 43.4 Å². The Kier molecular flexibility index (Phi) is 4.09. The first kappa shape index (κ1) is 13.2. The summed E-state index contributed by atoms with van der Waals surface area (Å²) in [6, 6.07) is 4.45. The van der Waals surface area contributed by atoms with E-state index in [2.05, 4.69) is 46.8 Å². The number of benzene rings is 1. The van der Waals surface area contributed by atoms with E-state index in [0.717, 1.165) is 0 Å². The van der Waals surface area contributed by atoms with Crippen LogP contribution in [0.15, 0.2) is 12.1 Å². The molecule has 1 aromatic carbocycles. The van der Waals surface area contributed by atoms with Crippen LogP contribution in [-0.2, 0) is 0 Å². The lowest BCUT2D eigenvalue weighted by Crippen LogP contribution is -2.24. The minimum absolute atomic E-state index is 0.245. The van der Waals surface area contributed by atoms with Gasteiger partial charge in [0.2, 0.25) is 0 Å². The van der Waals surface area contributed by atoms with Crippen LogP contribution in [0.2, 0.25) is 0 Å². The van der Waals surface area contributed by atoms with Gasteiger partial charge in [0.05, 0.1) is 4.99 Å². The summed E-state index contributed by atoms with van der Waals surface area (Å²) in [5.74, 6) is 0.633. The molecule has 0 aliphatic heterocycles. The Morgan fingerprint density at radius 1 is 1.12 bits per heavy atom. The van der Waals surface area contributed by atoms with E-state index < -0.39 is 0 Å². The van der Waals surface area contributed by atoms with Gasteiger partial charge in [0.15, 0.2) is 0 Å². The highest BCUT2D eigenvalue weighted by Crippen LogP contribution is 2.30. The average Bonchev–Trinajstić information content (AvgIpc) is 2.14. The second kappa shape index (κ2) is 4.96. The summed E-state index contributed by atoms with van der Waals surface area (Å²) in [7, 11) is 0. The maximum Gasteiger partial charge on any atom is 0.0761 e. The molecule has 1 rings (SSSR count). The van der Waals surface area contributed by atoms with Crippen molar-refractivity contribution >= 4 is 17.2 Å². The number of aryl methyl sites for hydroxylation is 3. The summed E-state index contributed by atoms with van der Waals surface area (Å²) in [6.07, 6.45) is 0.